The van der Waals surface area contributed by atoms with E-state index in [9.17, 15) is 0 Å². The number of rotatable bonds is 1. The first-order chi connectivity index (χ1) is 5.63. The van der Waals surface area contributed by atoms with Gasteiger partial charge < -0.3 is 4.74 Å². The average molecular weight is 204 g/mol. The number of halogens is 1. The Morgan fingerprint density at radius 2 is 2.42 bits per heavy atom. The van der Waals surface area contributed by atoms with E-state index in [-0.39, 0.29) is 5.60 Å². The number of fused-ring (bicyclic) bond motifs is 1. The van der Waals surface area contributed by atoms with Gasteiger partial charge in [-0.1, -0.05) is 0 Å². The molecular weight excluding hydrogens is 194 g/mol. The molecule has 0 aliphatic carbocycles. The Labute approximate surface area is 80.5 Å². The van der Waals surface area contributed by atoms with E-state index in [0.29, 0.717) is 12.5 Å². The molecule has 0 radical (unpaired) electrons. The van der Waals surface area contributed by atoms with Crippen LogP contribution in [0, 0.1) is 0 Å². The third-order valence-corrected chi connectivity index (χ3v) is 3.43. The summed E-state index contributed by atoms with van der Waals surface area (Å²) in [7, 11) is 0. The number of ether oxygens (including phenoxy) is 1. The van der Waals surface area contributed by atoms with Crippen molar-refractivity contribution >= 4 is 22.9 Å². The molecule has 1 aliphatic rings. The van der Waals surface area contributed by atoms with E-state index in [1.54, 1.807) is 11.3 Å². The summed E-state index contributed by atoms with van der Waals surface area (Å²) in [6, 6.07) is 0. The predicted octanol–water partition coefficient (Wildman–Crippen LogP) is 2.65. The largest absolute Gasteiger partial charge is 0.364 e. The molecule has 0 unspecified atom stereocenters. The zero-order valence-corrected chi connectivity index (χ0v) is 8.63. The fourth-order valence-electron chi connectivity index (χ4n) is 1.34. The zero-order valence-electron chi connectivity index (χ0n) is 7.06. The second-order valence-corrected chi connectivity index (χ2v) is 4.75. The molecule has 0 saturated heterocycles. The van der Waals surface area contributed by atoms with Gasteiger partial charge in [-0.2, -0.15) is 0 Å². The van der Waals surface area contributed by atoms with Crippen molar-refractivity contribution in [2.75, 3.05) is 0 Å². The van der Waals surface area contributed by atoms with Crippen molar-refractivity contribution in [3.63, 3.8) is 0 Å². The van der Waals surface area contributed by atoms with Crippen LogP contribution in [0.5, 0.6) is 0 Å². The van der Waals surface area contributed by atoms with Crippen molar-refractivity contribution < 1.29 is 4.74 Å². The Balaban J connectivity index is 2.44. The van der Waals surface area contributed by atoms with E-state index in [2.05, 4.69) is 4.98 Å². The Kier molecular flexibility index (Phi) is 1.90. The van der Waals surface area contributed by atoms with E-state index >= 15 is 0 Å². The Bertz CT molecular complexity index is 308. The summed E-state index contributed by atoms with van der Waals surface area (Å²) in [5.74, 6) is 0.508. The fourth-order valence-corrected chi connectivity index (χ4v) is 2.55. The minimum absolute atomic E-state index is 0.212. The van der Waals surface area contributed by atoms with Crippen LogP contribution < -0.4 is 0 Å². The van der Waals surface area contributed by atoms with E-state index < -0.39 is 0 Å². The number of thiazole rings is 1. The minimum Gasteiger partial charge on any atom is -0.364 e. The molecule has 1 aromatic heterocycles. The molecule has 0 saturated carbocycles. The van der Waals surface area contributed by atoms with E-state index in [0.717, 1.165) is 10.7 Å². The van der Waals surface area contributed by atoms with Gasteiger partial charge in [-0.15, -0.1) is 22.9 Å². The van der Waals surface area contributed by atoms with Crippen LogP contribution in [0.2, 0.25) is 0 Å². The van der Waals surface area contributed by atoms with E-state index in [1.807, 2.05) is 13.8 Å². The number of alkyl halides is 1. The van der Waals surface area contributed by atoms with Crippen LogP contribution in [-0.2, 0) is 22.8 Å². The minimum atomic E-state index is -0.212. The van der Waals surface area contributed by atoms with Crippen LogP contribution in [-0.4, -0.2) is 4.98 Å². The third-order valence-electron chi connectivity index (χ3n) is 1.99. The summed E-state index contributed by atoms with van der Waals surface area (Å²) in [6.45, 7) is 4.77. The molecule has 0 fully saturated rings. The average Bonchev–Trinajstić information content (AvgIpc) is 2.53. The van der Waals surface area contributed by atoms with Gasteiger partial charge in [0, 0.05) is 0 Å². The highest BCUT2D eigenvalue weighted by Gasteiger charge is 2.34. The van der Waals surface area contributed by atoms with Crippen molar-refractivity contribution in [2.24, 2.45) is 0 Å². The van der Waals surface area contributed by atoms with Crippen molar-refractivity contribution in [1.82, 2.24) is 4.98 Å². The van der Waals surface area contributed by atoms with Crippen LogP contribution in [0.15, 0.2) is 0 Å². The smallest absolute Gasteiger partial charge is 0.108 e. The molecule has 2 nitrogen and oxygen atoms in total. The molecule has 12 heavy (non-hydrogen) atoms. The lowest BCUT2D eigenvalue weighted by Crippen LogP contribution is -2.15. The third kappa shape index (κ3) is 1.16. The molecule has 1 aliphatic heterocycles. The van der Waals surface area contributed by atoms with Gasteiger partial charge in [0.2, 0.25) is 0 Å². The number of hydrogen-bond donors (Lipinski definition) is 0. The predicted molar refractivity (Wildman–Crippen MR) is 49.5 cm³/mol. The zero-order chi connectivity index (χ0) is 8.77. The maximum Gasteiger partial charge on any atom is 0.108 e. The summed E-state index contributed by atoms with van der Waals surface area (Å²) >= 11 is 7.35. The Morgan fingerprint density at radius 1 is 1.67 bits per heavy atom. The lowest BCUT2D eigenvalue weighted by atomic mass is 10.1. The lowest BCUT2D eigenvalue weighted by Gasteiger charge is -2.15. The molecule has 0 bridgehead atoms. The highest BCUT2D eigenvalue weighted by molar-refractivity contribution is 7.12. The first-order valence-electron chi connectivity index (χ1n) is 3.82. The maximum absolute atomic E-state index is 5.69. The van der Waals surface area contributed by atoms with Gasteiger partial charge in [0.1, 0.15) is 10.6 Å². The van der Waals surface area contributed by atoms with E-state index in [4.69, 9.17) is 16.3 Å². The summed E-state index contributed by atoms with van der Waals surface area (Å²) in [5, 5.41) is 0.998. The first-order valence-corrected chi connectivity index (χ1v) is 5.17. The number of hydrogen-bond acceptors (Lipinski definition) is 3. The van der Waals surface area contributed by atoms with Crippen LogP contribution in [0.25, 0.3) is 0 Å². The molecule has 1 aromatic rings. The molecule has 2 rings (SSSR count). The normalized spacial score (nSPS) is 19.6. The van der Waals surface area contributed by atoms with Gasteiger partial charge in [-0.25, -0.2) is 4.98 Å². The van der Waals surface area contributed by atoms with Gasteiger partial charge in [0.25, 0.3) is 0 Å². The second-order valence-electron chi connectivity index (χ2n) is 3.31. The molecule has 0 atom stereocenters. The second kappa shape index (κ2) is 2.69. The van der Waals surface area contributed by atoms with Gasteiger partial charge in [0.15, 0.2) is 0 Å². The Hall–Kier alpha value is -0.120. The quantitative estimate of drug-likeness (QED) is 0.655. The molecule has 66 valence electrons. The lowest BCUT2D eigenvalue weighted by molar-refractivity contribution is -0.00997. The van der Waals surface area contributed by atoms with Crippen molar-refractivity contribution in [1.29, 1.82) is 0 Å². The van der Waals surface area contributed by atoms with Crippen molar-refractivity contribution in [3.8, 4) is 0 Å². The molecule has 4 heteroatoms. The molecule has 0 spiro atoms. The summed E-state index contributed by atoms with van der Waals surface area (Å²) < 4.78 is 5.56. The molecule has 0 amide bonds. The van der Waals surface area contributed by atoms with Crippen LogP contribution in [0.1, 0.15) is 29.4 Å². The highest BCUT2D eigenvalue weighted by atomic mass is 35.5. The van der Waals surface area contributed by atoms with Crippen molar-refractivity contribution in [3.05, 3.63) is 15.6 Å². The molecule has 2 heterocycles. The summed E-state index contributed by atoms with van der Waals surface area (Å²) in [5.41, 5.74) is 0.860. The van der Waals surface area contributed by atoms with E-state index in [1.165, 1.54) is 4.88 Å². The number of aromatic nitrogens is 1. The fraction of sp³-hybridized carbons (Fsp3) is 0.625. The topological polar surface area (TPSA) is 22.1 Å². The van der Waals surface area contributed by atoms with Gasteiger partial charge in [-0.05, 0) is 13.8 Å². The van der Waals surface area contributed by atoms with Crippen LogP contribution >= 0.6 is 22.9 Å². The molecule has 0 N–H and O–H groups in total. The van der Waals surface area contributed by atoms with Gasteiger partial charge in [-0.3, -0.25) is 0 Å². The monoisotopic (exact) mass is 203 g/mol. The Morgan fingerprint density at radius 3 is 3.00 bits per heavy atom. The van der Waals surface area contributed by atoms with Crippen molar-refractivity contribution in [2.45, 2.75) is 31.9 Å². The number of nitrogens with zero attached hydrogens (tertiary/aromatic N) is 1. The first kappa shape index (κ1) is 8.48. The maximum atomic E-state index is 5.69. The van der Waals surface area contributed by atoms with Gasteiger partial charge in [0.05, 0.1) is 23.1 Å². The highest BCUT2D eigenvalue weighted by Crippen LogP contribution is 2.38. The SMILES string of the molecule is CC1(C)OCc2sc(CCl)nc21. The summed E-state index contributed by atoms with van der Waals surface area (Å²) in [6.07, 6.45) is 0. The molecule has 0 aromatic carbocycles. The summed E-state index contributed by atoms with van der Waals surface area (Å²) in [4.78, 5) is 5.66. The molecular formula is C8H10ClNOS. The van der Waals surface area contributed by atoms with Gasteiger partial charge >= 0.3 is 0 Å². The van der Waals surface area contributed by atoms with Crippen LogP contribution in [0.4, 0.5) is 0 Å². The van der Waals surface area contributed by atoms with Crippen LogP contribution in [0.3, 0.4) is 0 Å². The standard InChI is InChI=1S/C8H10ClNOS/c1-8(2)7-5(4-11-8)12-6(3-9)10-7/h3-4H2,1-2H3.